The summed E-state index contributed by atoms with van der Waals surface area (Å²) in [4.78, 5) is 0. The average Bonchev–Trinajstić information content (AvgIpc) is 3.02. The van der Waals surface area contributed by atoms with Crippen LogP contribution in [-0.4, -0.2) is 106 Å². The topological polar surface area (TPSA) is 138 Å². The molecule has 0 heterocycles. The van der Waals surface area contributed by atoms with Gasteiger partial charge in [0.25, 0.3) is 0 Å². The number of ether oxygens (including phenoxy) is 4. The molecule has 0 spiro atoms. The summed E-state index contributed by atoms with van der Waals surface area (Å²) >= 11 is 0. The molecule has 5 N–H and O–H groups in total. The summed E-state index contributed by atoms with van der Waals surface area (Å²) in [5, 5.41) is 44.9. The van der Waals surface area contributed by atoms with E-state index in [4.69, 9.17) is 35.6 Å². The summed E-state index contributed by atoms with van der Waals surface area (Å²) in [6.45, 7) is 31.4. The lowest BCUT2D eigenvalue weighted by atomic mass is 9.85. The highest BCUT2D eigenvalue weighted by Gasteiger charge is 2.30. The molecule has 0 saturated carbocycles. The van der Waals surface area contributed by atoms with Crippen LogP contribution in [0.3, 0.4) is 0 Å². The second-order valence-corrected chi connectivity index (χ2v) is 17.2. The Bertz CT molecular complexity index is 1040. The zero-order valence-electron chi connectivity index (χ0n) is 36.5. The number of hydrogen-bond donors (Lipinski definition) is 5. The maximum absolute atomic E-state index is 9.33. The maximum atomic E-state index is 9.33. The largest absolute Gasteiger partial charge is 0.394 e. The monoisotopic (exact) mass is 755 g/mol. The molecule has 0 aliphatic heterocycles. The molecular formula is C44H82O9. The molecule has 0 aromatic heterocycles. The third-order valence-corrected chi connectivity index (χ3v) is 7.68. The predicted molar refractivity (Wildman–Crippen MR) is 218 cm³/mol. The van der Waals surface area contributed by atoms with Crippen molar-refractivity contribution in [1.82, 2.24) is 0 Å². The molecule has 312 valence electrons. The molecule has 0 aromatic rings. The minimum absolute atomic E-state index is 0.0144. The molecule has 53 heavy (non-hydrogen) atoms. The van der Waals surface area contributed by atoms with Gasteiger partial charge in [-0.1, -0.05) is 85.0 Å². The van der Waals surface area contributed by atoms with E-state index in [1.807, 2.05) is 20.8 Å². The Morgan fingerprint density at radius 2 is 0.811 bits per heavy atom. The molecule has 0 radical (unpaired) electrons. The van der Waals surface area contributed by atoms with Gasteiger partial charge in [-0.3, -0.25) is 0 Å². The first-order valence-corrected chi connectivity index (χ1v) is 19.5. The van der Waals surface area contributed by atoms with Crippen LogP contribution in [0.4, 0.5) is 0 Å². The first-order chi connectivity index (χ1) is 24.3. The molecule has 5 atom stereocenters. The normalized spacial score (nSPS) is 16.2. The minimum atomic E-state index is -1.00. The number of rotatable bonds is 22. The van der Waals surface area contributed by atoms with Crippen LogP contribution in [0.1, 0.15) is 136 Å². The first kappa shape index (κ1) is 55.7. The third-order valence-electron chi connectivity index (χ3n) is 7.68. The highest BCUT2D eigenvalue weighted by atomic mass is 16.5. The predicted octanol–water partition coefficient (Wildman–Crippen LogP) is 6.65. The van der Waals surface area contributed by atoms with Crippen molar-refractivity contribution < 1.29 is 44.5 Å². The van der Waals surface area contributed by atoms with Gasteiger partial charge in [0.1, 0.15) is 28.0 Å². The maximum Gasteiger partial charge on any atom is 0.126 e. The van der Waals surface area contributed by atoms with Crippen molar-refractivity contribution in [3.05, 3.63) is 0 Å². The lowest BCUT2D eigenvalue weighted by molar-refractivity contribution is -0.0281. The van der Waals surface area contributed by atoms with E-state index in [0.29, 0.717) is 36.2 Å². The van der Waals surface area contributed by atoms with E-state index in [-0.39, 0.29) is 46.2 Å². The van der Waals surface area contributed by atoms with Crippen molar-refractivity contribution in [2.75, 3.05) is 52.9 Å². The summed E-state index contributed by atoms with van der Waals surface area (Å²) in [5.41, 5.74) is -3.39. The van der Waals surface area contributed by atoms with Crippen molar-refractivity contribution >= 4 is 0 Å². The van der Waals surface area contributed by atoms with Crippen molar-refractivity contribution in [3.63, 3.8) is 0 Å². The van der Waals surface area contributed by atoms with Gasteiger partial charge in [-0.15, -0.1) is 6.42 Å². The van der Waals surface area contributed by atoms with Gasteiger partial charge in [-0.05, 0) is 110 Å². The smallest absolute Gasteiger partial charge is 0.126 e. The molecule has 9 heteroatoms. The standard InChI is InChI=1S/C24H46O4.C10H18O3.C10H18O2/c1-19(2)15-21(5)17-23(7,27-13-11-25)9-10-24(8,28-14-12-26)18-22(6)16-20(3)4;1-9(2,12)5-6-10(3,4)13-8-7-11;1-5-10(4,8-9(2)3)12-7-6-11/h19-22,25-26H,11-18H2,1-8H3;11-12H,7-8H2,1-4H3;1,9,11H,6-8H2,2-4H3. The lowest BCUT2D eigenvalue weighted by Gasteiger charge is -2.31. The van der Waals surface area contributed by atoms with Gasteiger partial charge >= 0.3 is 0 Å². The minimum Gasteiger partial charge on any atom is -0.394 e. The van der Waals surface area contributed by atoms with Crippen LogP contribution in [0.2, 0.25) is 0 Å². The van der Waals surface area contributed by atoms with E-state index in [1.165, 1.54) is 0 Å². The van der Waals surface area contributed by atoms with E-state index < -0.39 is 28.0 Å². The molecule has 0 aromatic carbocycles. The van der Waals surface area contributed by atoms with E-state index in [0.717, 1.165) is 32.1 Å². The van der Waals surface area contributed by atoms with Gasteiger partial charge in [-0.2, -0.15) is 0 Å². The van der Waals surface area contributed by atoms with Crippen molar-refractivity contribution in [1.29, 1.82) is 0 Å². The molecule has 0 saturated heterocycles. The molecular weight excluding hydrogens is 672 g/mol. The fraction of sp³-hybridized carbons (Fsp3) is 0.864. The second-order valence-electron chi connectivity index (χ2n) is 17.2. The molecule has 0 amide bonds. The van der Waals surface area contributed by atoms with Crippen molar-refractivity contribution in [2.24, 2.45) is 29.6 Å². The Balaban J connectivity index is -0.000000824. The Morgan fingerprint density at radius 1 is 0.472 bits per heavy atom. The van der Waals surface area contributed by atoms with Crippen LogP contribution < -0.4 is 0 Å². The molecule has 5 unspecified atom stereocenters. The van der Waals surface area contributed by atoms with E-state index in [9.17, 15) is 15.3 Å². The van der Waals surface area contributed by atoms with E-state index >= 15 is 0 Å². The van der Waals surface area contributed by atoms with Gasteiger partial charge in [0.05, 0.1) is 52.9 Å². The second kappa shape index (κ2) is 28.7. The molecule has 0 rings (SSSR count). The molecule has 0 aliphatic rings. The van der Waals surface area contributed by atoms with Gasteiger partial charge in [0.15, 0.2) is 0 Å². The third kappa shape index (κ3) is 34.5. The van der Waals surface area contributed by atoms with Crippen LogP contribution in [0, 0.1) is 65.6 Å². The Morgan fingerprint density at radius 3 is 1.09 bits per heavy atom. The van der Waals surface area contributed by atoms with Crippen LogP contribution in [0.25, 0.3) is 0 Å². The summed E-state index contributed by atoms with van der Waals surface area (Å²) in [6.07, 6.45) is 10.0. The van der Waals surface area contributed by atoms with Crippen LogP contribution in [-0.2, 0) is 18.9 Å². The van der Waals surface area contributed by atoms with Gasteiger partial charge in [0.2, 0.25) is 0 Å². The van der Waals surface area contributed by atoms with Crippen LogP contribution in [0.5, 0.6) is 0 Å². The quantitative estimate of drug-likeness (QED) is 0.0770. The summed E-state index contributed by atoms with van der Waals surface area (Å²) in [7, 11) is 0. The van der Waals surface area contributed by atoms with Gasteiger partial charge < -0.3 is 44.5 Å². The average molecular weight is 755 g/mol. The highest BCUT2D eigenvalue weighted by molar-refractivity contribution is 5.21. The van der Waals surface area contributed by atoms with Crippen LogP contribution >= 0.6 is 0 Å². The van der Waals surface area contributed by atoms with Gasteiger partial charge in [-0.25, -0.2) is 0 Å². The zero-order chi connectivity index (χ0) is 41.9. The van der Waals surface area contributed by atoms with Crippen LogP contribution in [0.15, 0.2) is 0 Å². The number of terminal acetylenes is 1. The SMILES string of the molecule is C#CC(C)(CC(C)C)OCCO.CC(C)(O)C#CC(C)(C)OCCO.CC(C)CC(C)CC(C)(C#CC(C)(CC(C)CC(C)C)OCCO)OCCO. The van der Waals surface area contributed by atoms with Crippen molar-refractivity contribution in [2.45, 2.75) is 164 Å². The highest BCUT2D eigenvalue weighted by Crippen LogP contribution is 2.28. The Labute approximate surface area is 326 Å². The van der Waals surface area contributed by atoms with E-state index in [1.54, 1.807) is 27.7 Å². The number of aliphatic hydroxyl groups excluding tert-OH is 4. The number of hydrogen-bond acceptors (Lipinski definition) is 9. The molecule has 0 bridgehead atoms. The van der Waals surface area contributed by atoms with Gasteiger partial charge in [0, 0.05) is 0 Å². The summed E-state index contributed by atoms with van der Waals surface area (Å²) in [5.74, 6) is 17.5. The molecule has 0 aliphatic carbocycles. The van der Waals surface area contributed by atoms with Crippen molar-refractivity contribution in [3.8, 4) is 36.0 Å². The fourth-order valence-electron chi connectivity index (χ4n) is 6.05. The Kier molecular flexibility index (Phi) is 30.1. The number of aliphatic hydroxyl groups is 5. The zero-order valence-corrected chi connectivity index (χ0v) is 36.5. The summed E-state index contributed by atoms with van der Waals surface area (Å²) < 4.78 is 22.5. The molecule has 0 fully saturated rings. The fourth-order valence-corrected chi connectivity index (χ4v) is 6.05. The lowest BCUT2D eigenvalue weighted by Crippen LogP contribution is -2.35. The Hall–Kier alpha value is -1.68. The molecule has 9 nitrogen and oxygen atoms in total. The van der Waals surface area contributed by atoms with E-state index in [2.05, 4.69) is 85.0 Å². The summed E-state index contributed by atoms with van der Waals surface area (Å²) in [6, 6.07) is 0. The first-order valence-electron chi connectivity index (χ1n) is 19.5.